The summed E-state index contributed by atoms with van der Waals surface area (Å²) < 4.78 is 12.4. The molecule has 0 saturated heterocycles. The number of amides is 1. The molecular formula is C23H17ClN4O3S. The van der Waals surface area contributed by atoms with E-state index in [0.717, 1.165) is 10.5 Å². The minimum absolute atomic E-state index is 0.159. The summed E-state index contributed by atoms with van der Waals surface area (Å²) in [4.78, 5) is 18.0. The SMILES string of the molecule is O=C(Nc1ccccc1Sc1nc(Cl)nn1Cc1ccccc1)c1ccc2c(c1)OCO2. The van der Waals surface area contributed by atoms with Crippen molar-refractivity contribution in [2.75, 3.05) is 12.1 Å². The Morgan fingerprint density at radius 2 is 1.81 bits per heavy atom. The van der Waals surface area contributed by atoms with E-state index in [-0.39, 0.29) is 18.0 Å². The summed E-state index contributed by atoms with van der Waals surface area (Å²) in [5.41, 5.74) is 2.22. The summed E-state index contributed by atoms with van der Waals surface area (Å²) in [7, 11) is 0. The molecule has 0 atom stereocenters. The normalized spacial score (nSPS) is 12.0. The Morgan fingerprint density at radius 3 is 2.69 bits per heavy atom. The Morgan fingerprint density at radius 1 is 1.03 bits per heavy atom. The molecule has 0 fully saturated rings. The maximum Gasteiger partial charge on any atom is 0.255 e. The second-order valence-electron chi connectivity index (χ2n) is 6.93. The molecule has 0 radical (unpaired) electrons. The van der Waals surface area contributed by atoms with Crippen molar-refractivity contribution < 1.29 is 14.3 Å². The average molecular weight is 465 g/mol. The van der Waals surface area contributed by atoms with E-state index in [4.69, 9.17) is 21.1 Å². The van der Waals surface area contributed by atoms with Gasteiger partial charge in [0.1, 0.15) is 0 Å². The fourth-order valence-corrected chi connectivity index (χ4v) is 4.36. The molecule has 1 aliphatic rings. The summed E-state index contributed by atoms with van der Waals surface area (Å²) in [5.74, 6) is 0.941. The van der Waals surface area contributed by atoms with Gasteiger partial charge in [0.25, 0.3) is 5.91 Å². The summed E-state index contributed by atoms with van der Waals surface area (Å²) >= 11 is 7.48. The van der Waals surface area contributed by atoms with Crippen LogP contribution in [0.1, 0.15) is 15.9 Å². The topological polar surface area (TPSA) is 78.3 Å². The number of anilines is 1. The van der Waals surface area contributed by atoms with Gasteiger partial charge in [-0.1, -0.05) is 42.5 Å². The van der Waals surface area contributed by atoms with Crippen LogP contribution in [0.3, 0.4) is 0 Å². The molecule has 160 valence electrons. The number of nitrogens with zero attached hydrogens (tertiary/aromatic N) is 3. The van der Waals surface area contributed by atoms with Gasteiger partial charge in [-0.25, -0.2) is 4.68 Å². The van der Waals surface area contributed by atoms with Gasteiger partial charge in [-0.3, -0.25) is 4.79 Å². The largest absolute Gasteiger partial charge is 0.454 e. The summed E-state index contributed by atoms with van der Waals surface area (Å²) in [5, 5.41) is 8.08. The van der Waals surface area contributed by atoms with E-state index in [9.17, 15) is 4.79 Å². The van der Waals surface area contributed by atoms with Crippen LogP contribution in [0.5, 0.6) is 11.5 Å². The third-order valence-electron chi connectivity index (χ3n) is 4.76. The average Bonchev–Trinajstić information content (AvgIpc) is 3.41. The highest BCUT2D eigenvalue weighted by Gasteiger charge is 2.18. The minimum atomic E-state index is -0.250. The van der Waals surface area contributed by atoms with Crippen molar-refractivity contribution in [3.63, 3.8) is 0 Å². The van der Waals surface area contributed by atoms with Gasteiger partial charge in [-0.2, -0.15) is 4.98 Å². The van der Waals surface area contributed by atoms with E-state index in [1.807, 2.05) is 54.6 Å². The van der Waals surface area contributed by atoms with Crippen LogP contribution in [0.15, 0.2) is 82.8 Å². The van der Waals surface area contributed by atoms with Gasteiger partial charge in [-0.05, 0) is 59.3 Å². The molecule has 3 aromatic carbocycles. The van der Waals surface area contributed by atoms with Gasteiger partial charge in [0.2, 0.25) is 12.1 Å². The molecular weight excluding hydrogens is 448 g/mol. The minimum Gasteiger partial charge on any atom is -0.454 e. The fourth-order valence-electron chi connectivity index (χ4n) is 3.23. The van der Waals surface area contributed by atoms with Crippen LogP contribution in [0.25, 0.3) is 0 Å². The number of hydrogen-bond donors (Lipinski definition) is 1. The van der Waals surface area contributed by atoms with Crippen molar-refractivity contribution in [3.05, 3.63) is 89.2 Å². The Kier molecular flexibility index (Phi) is 5.70. The van der Waals surface area contributed by atoms with E-state index in [2.05, 4.69) is 15.4 Å². The number of halogens is 1. The Labute approximate surface area is 193 Å². The number of hydrogen-bond acceptors (Lipinski definition) is 6. The molecule has 4 aromatic rings. The number of fused-ring (bicyclic) bond motifs is 1. The first kappa shape index (κ1) is 20.4. The van der Waals surface area contributed by atoms with Crippen LogP contribution in [0, 0.1) is 0 Å². The molecule has 5 rings (SSSR count). The molecule has 1 amide bonds. The van der Waals surface area contributed by atoms with E-state index in [0.29, 0.717) is 34.5 Å². The molecule has 0 bridgehead atoms. The molecule has 1 aromatic heterocycles. The van der Waals surface area contributed by atoms with E-state index >= 15 is 0 Å². The number of nitrogens with one attached hydrogen (secondary N) is 1. The fraction of sp³-hybridized carbons (Fsp3) is 0.0870. The maximum absolute atomic E-state index is 12.9. The second-order valence-corrected chi connectivity index (χ2v) is 8.27. The molecule has 32 heavy (non-hydrogen) atoms. The zero-order chi connectivity index (χ0) is 21.9. The predicted octanol–water partition coefficient (Wildman–Crippen LogP) is 5.11. The first-order valence-electron chi connectivity index (χ1n) is 9.78. The lowest BCUT2D eigenvalue weighted by molar-refractivity contribution is 0.102. The molecule has 0 saturated carbocycles. The van der Waals surface area contributed by atoms with Gasteiger partial charge in [-0.15, -0.1) is 5.10 Å². The Hall–Kier alpha value is -3.49. The molecule has 0 spiro atoms. The standard InChI is InChI=1S/C23H17ClN4O3S/c24-22-26-23(28(27-22)13-15-6-2-1-3-7-15)32-20-9-5-4-8-17(20)25-21(29)16-10-11-18-19(12-16)31-14-30-18/h1-12H,13-14H2,(H,25,29). The number of aromatic nitrogens is 3. The highest BCUT2D eigenvalue weighted by molar-refractivity contribution is 7.99. The molecule has 1 N–H and O–H groups in total. The number of benzene rings is 3. The maximum atomic E-state index is 12.9. The number of carbonyl (C=O) groups is 1. The third kappa shape index (κ3) is 4.42. The van der Waals surface area contributed by atoms with Crippen molar-refractivity contribution in [2.24, 2.45) is 0 Å². The van der Waals surface area contributed by atoms with E-state index < -0.39 is 0 Å². The lowest BCUT2D eigenvalue weighted by Gasteiger charge is -2.11. The molecule has 0 aliphatic carbocycles. The zero-order valence-electron chi connectivity index (χ0n) is 16.7. The van der Waals surface area contributed by atoms with E-state index in [1.54, 1.807) is 22.9 Å². The highest BCUT2D eigenvalue weighted by Crippen LogP contribution is 2.35. The molecule has 2 heterocycles. The number of ether oxygens (including phenoxy) is 2. The predicted molar refractivity (Wildman–Crippen MR) is 122 cm³/mol. The zero-order valence-corrected chi connectivity index (χ0v) is 18.3. The second kappa shape index (κ2) is 8.94. The summed E-state index contributed by atoms with van der Waals surface area (Å²) in [6, 6.07) is 22.6. The quantitative estimate of drug-likeness (QED) is 0.427. The van der Waals surface area contributed by atoms with Gasteiger partial charge >= 0.3 is 0 Å². The van der Waals surface area contributed by atoms with Gasteiger partial charge in [0, 0.05) is 10.5 Å². The van der Waals surface area contributed by atoms with Crippen molar-refractivity contribution >= 4 is 35.0 Å². The van der Waals surface area contributed by atoms with Crippen LogP contribution >= 0.6 is 23.4 Å². The Bertz CT molecular complexity index is 1280. The number of para-hydroxylation sites is 1. The lowest BCUT2D eigenvalue weighted by Crippen LogP contribution is -2.12. The van der Waals surface area contributed by atoms with Gasteiger partial charge in [0.15, 0.2) is 16.7 Å². The van der Waals surface area contributed by atoms with E-state index in [1.165, 1.54) is 11.8 Å². The Balaban J connectivity index is 1.37. The van der Waals surface area contributed by atoms with Gasteiger partial charge < -0.3 is 14.8 Å². The molecule has 7 nitrogen and oxygen atoms in total. The summed E-state index contributed by atoms with van der Waals surface area (Å²) in [6.07, 6.45) is 0. The van der Waals surface area contributed by atoms with Crippen molar-refractivity contribution in [1.29, 1.82) is 0 Å². The van der Waals surface area contributed by atoms with Crippen LogP contribution in [0.4, 0.5) is 5.69 Å². The first-order valence-corrected chi connectivity index (χ1v) is 11.0. The van der Waals surface area contributed by atoms with Gasteiger partial charge in [0.05, 0.1) is 12.2 Å². The molecule has 9 heteroatoms. The van der Waals surface area contributed by atoms with Crippen LogP contribution < -0.4 is 14.8 Å². The van der Waals surface area contributed by atoms with Crippen LogP contribution in [0.2, 0.25) is 5.28 Å². The highest BCUT2D eigenvalue weighted by atomic mass is 35.5. The van der Waals surface area contributed by atoms with Crippen molar-refractivity contribution in [1.82, 2.24) is 14.8 Å². The van der Waals surface area contributed by atoms with Crippen LogP contribution in [-0.2, 0) is 6.54 Å². The number of rotatable bonds is 6. The molecule has 1 aliphatic heterocycles. The van der Waals surface area contributed by atoms with Crippen LogP contribution in [-0.4, -0.2) is 27.5 Å². The number of carbonyl (C=O) groups excluding carboxylic acids is 1. The molecule has 0 unspecified atom stereocenters. The lowest BCUT2D eigenvalue weighted by atomic mass is 10.2. The first-order chi connectivity index (χ1) is 15.7. The monoisotopic (exact) mass is 464 g/mol. The summed E-state index contributed by atoms with van der Waals surface area (Å²) in [6.45, 7) is 0.695. The van der Waals surface area contributed by atoms with Crippen molar-refractivity contribution in [2.45, 2.75) is 16.6 Å². The smallest absolute Gasteiger partial charge is 0.255 e. The third-order valence-corrected chi connectivity index (χ3v) is 5.98. The van der Waals surface area contributed by atoms with Crippen molar-refractivity contribution in [3.8, 4) is 11.5 Å².